The number of carbonyl (C=O) groups is 3. The van der Waals surface area contributed by atoms with Crippen molar-refractivity contribution in [3.8, 4) is 33.4 Å². The van der Waals surface area contributed by atoms with Crippen LogP contribution in [0.1, 0.15) is 58.9 Å². The fourth-order valence-electron chi connectivity index (χ4n) is 9.60. The summed E-state index contributed by atoms with van der Waals surface area (Å²) >= 11 is 25.0. The van der Waals surface area contributed by atoms with Crippen LogP contribution in [0, 0.1) is 0 Å². The minimum atomic E-state index is -1.58. The maximum Gasteiger partial charge on any atom is 0.234 e. The van der Waals surface area contributed by atoms with Crippen molar-refractivity contribution < 1.29 is 14.4 Å². The molecule has 0 heterocycles. The third-order valence-electron chi connectivity index (χ3n) is 13.2. The Balaban J connectivity index is 0.000000117. The van der Waals surface area contributed by atoms with Crippen LogP contribution in [-0.4, -0.2) is 17.3 Å². The summed E-state index contributed by atoms with van der Waals surface area (Å²) in [6, 6.07) is 78.0. The highest BCUT2D eigenvalue weighted by Crippen LogP contribution is 2.66. The molecule has 0 atom stereocenters. The molecule has 0 aromatic heterocycles. The van der Waals surface area contributed by atoms with Crippen molar-refractivity contribution >= 4 is 157 Å². The summed E-state index contributed by atoms with van der Waals surface area (Å²) in [6.45, 7) is 0. The van der Waals surface area contributed by atoms with Gasteiger partial charge in [-0.2, -0.15) is 0 Å². The van der Waals surface area contributed by atoms with E-state index in [-0.39, 0.29) is 5.78 Å². The molecular weight excluding hydrogens is 1430 g/mol. The average molecular weight is 1470 g/mol. The van der Waals surface area contributed by atoms with Gasteiger partial charge in [-0.3, -0.25) is 14.4 Å². The summed E-state index contributed by atoms with van der Waals surface area (Å²) in [5.74, 6) is -2.34. The van der Waals surface area contributed by atoms with Crippen molar-refractivity contribution in [2.45, 2.75) is 6.16 Å². The number of carbonyl (C=O) groups excluding carboxylic acids is 3. The maximum absolute atomic E-state index is 12.1. The van der Waals surface area contributed by atoms with Crippen molar-refractivity contribution in [3.05, 3.63) is 302 Å². The lowest BCUT2D eigenvalue weighted by Gasteiger charge is -2.20. The molecular formula is C66H41Br7O3P+. The second-order valence-electron chi connectivity index (χ2n) is 18.1. The van der Waals surface area contributed by atoms with E-state index in [1.165, 1.54) is 49.6 Å². The lowest BCUT2D eigenvalue weighted by Crippen LogP contribution is -2.21. The van der Waals surface area contributed by atoms with Gasteiger partial charge in [0.05, 0.1) is 0 Å². The molecule has 0 bridgehead atoms. The standard InChI is InChI=1S/C20H12Br2.C19H17BrP.C14H6Br2O2.C13H6Br2O/c21-14-6-8-16-18(10-13-4-2-1-3-5-13)17-9-7-15(22)12-20(17)19(16)11-14;20-21(18-12-6-2-7-13-18,19-14-8-3-9-15-19)16-17-10-4-1-5-11-17;15-7-1-3-9-11(5-7)12-6-8(16)2-4-10(12)14(18)13(9)17;14-7-1-3-9-11(5-7)12-6-8(15)2-4-10(12)13(9)16/h1-12H;1-15H,16H2;1-6H;1-6H/q;+1;;. The van der Waals surface area contributed by atoms with Crippen molar-refractivity contribution in [2.75, 3.05) is 0 Å². The van der Waals surface area contributed by atoms with Crippen LogP contribution in [0.2, 0.25) is 0 Å². The van der Waals surface area contributed by atoms with Gasteiger partial charge in [0.2, 0.25) is 11.6 Å². The maximum atomic E-state index is 12.1. The Morgan fingerprint density at radius 1 is 0.299 bits per heavy atom. The number of Topliss-reactive ketones (excluding diaryl/α,β-unsaturated/α-hetero) is 2. The summed E-state index contributed by atoms with van der Waals surface area (Å²) in [5.41, 5.74) is 15.2. The number of ketones is 3. The van der Waals surface area contributed by atoms with Crippen molar-refractivity contribution in [1.82, 2.24) is 0 Å². The van der Waals surface area contributed by atoms with Crippen LogP contribution in [0.4, 0.5) is 0 Å². The molecule has 0 amide bonds. The van der Waals surface area contributed by atoms with Gasteiger partial charge in [0.25, 0.3) is 0 Å². The smallest absolute Gasteiger partial charge is 0.234 e. The van der Waals surface area contributed by atoms with Gasteiger partial charge in [0.1, 0.15) is 16.8 Å². The Morgan fingerprint density at radius 3 is 0.909 bits per heavy atom. The van der Waals surface area contributed by atoms with Gasteiger partial charge in [-0.25, -0.2) is 0 Å². The summed E-state index contributed by atoms with van der Waals surface area (Å²) in [4.78, 5) is 36.1. The Labute approximate surface area is 507 Å². The predicted octanol–water partition coefficient (Wildman–Crippen LogP) is 20.6. The molecule has 10 aromatic carbocycles. The van der Waals surface area contributed by atoms with E-state index in [0.29, 0.717) is 11.1 Å². The van der Waals surface area contributed by atoms with Crippen LogP contribution in [0.5, 0.6) is 0 Å². The first-order chi connectivity index (χ1) is 37.2. The lowest BCUT2D eigenvalue weighted by atomic mass is 9.84. The normalized spacial score (nSPS) is 12.2. The molecule has 13 rings (SSSR count). The Kier molecular flexibility index (Phi) is 17.5. The van der Waals surface area contributed by atoms with Crippen LogP contribution in [0.15, 0.2) is 257 Å². The van der Waals surface area contributed by atoms with Crippen LogP contribution >= 0.6 is 117 Å². The van der Waals surface area contributed by atoms with Crippen molar-refractivity contribution in [3.63, 3.8) is 0 Å². The molecule has 11 heteroatoms. The highest BCUT2D eigenvalue weighted by Gasteiger charge is 2.41. The van der Waals surface area contributed by atoms with Gasteiger partial charge in [-0.1, -0.05) is 205 Å². The summed E-state index contributed by atoms with van der Waals surface area (Å²) in [7, 11) is 0. The van der Waals surface area contributed by atoms with E-state index in [9.17, 15) is 14.4 Å². The number of fused-ring (bicyclic) bond motifs is 9. The molecule has 376 valence electrons. The molecule has 3 nitrogen and oxygen atoms in total. The zero-order chi connectivity index (χ0) is 53.8. The van der Waals surface area contributed by atoms with Crippen LogP contribution in [0.3, 0.4) is 0 Å². The summed E-state index contributed by atoms with van der Waals surface area (Å²) < 4.78 is 5.97. The second kappa shape index (κ2) is 24.4. The molecule has 0 radical (unpaired) electrons. The van der Waals surface area contributed by atoms with Crippen LogP contribution in [-0.2, 0) is 6.16 Å². The van der Waals surface area contributed by atoms with Gasteiger partial charge >= 0.3 is 0 Å². The Hall–Kier alpha value is -5.26. The number of benzene rings is 10. The fourth-order valence-corrected chi connectivity index (χ4v) is 16.7. The highest BCUT2D eigenvalue weighted by atomic mass is 79.9. The van der Waals surface area contributed by atoms with E-state index >= 15 is 0 Å². The predicted molar refractivity (Wildman–Crippen MR) is 345 cm³/mol. The van der Waals surface area contributed by atoms with Gasteiger partial charge in [0, 0.05) is 49.1 Å². The first-order valence-electron chi connectivity index (χ1n) is 24.2. The SMILES string of the molecule is Br[P+](Cc1ccccc1)(c1ccccc1)c1ccccc1.Brc1ccc2c(c1)-c1cc(Br)ccc1C2=Cc1ccccc1.O=C1C(=O)c2ccc(Br)cc2-c2cc(Br)ccc21.O=C1c2ccc(Br)cc2-c2cc(Br)ccc21. The number of hydrogen-bond acceptors (Lipinski definition) is 3. The molecule has 77 heavy (non-hydrogen) atoms. The van der Waals surface area contributed by atoms with E-state index in [1.54, 1.807) is 24.3 Å². The minimum absolute atomic E-state index is 0.116. The van der Waals surface area contributed by atoms with Crippen molar-refractivity contribution in [1.29, 1.82) is 0 Å². The molecule has 0 saturated carbocycles. The molecule has 0 unspecified atom stereocenters. The number of hydrogen-bond donors (Lipinski definition) is 0. The lowest BCUT2D eigenvalue weighted by molar-refractivity contribution is 0.0815. The molecule has 0 aliphatic heterocycles. The molecule has 3 aliphatic rings. The molecule has 0 N–H and O–H groups in total. The zero-order valence-electron chi connectivity index (χ0n) is 40.5. The van der Waals surface area contributed by atoms with Crippen LogP contribution < -0.4 is 10.6 Å². The Bertz CT molecular complexity index is 3710. The van der Waals surface area contributed by atoms with E-state index in [0.717, 1.165) is 66.4 Å². The summed E-state index contributed by atoms with van der Waals surface area (Å²) in [6.07, 6.45) is 3.30. The number of halogens is 7. The van der Waals surface area contributed by atoms with E-state index in [1.807, 2.05) is 54.6 Å². The molecule has 10 aromatic rings. The zero-order valence-corrected chi connectivity index (χ0v) is 52.5. The average Bonchev–Trinajstić information content (AvgIpc) is 3.90. The van der Waals surface area contributed by atoms with Gasteiger partial charge in [-0.15, -0.1) is 0 Å². The Morgan fingerprint density at radius 2 is 0.571 bits per heavy atom. The third-order valence-corrected chi connectivity index (χ3v) is 22.4. The molecule has 0 spiro atoms. The first-order valence-corrected chi connectivity index (χ1v) is 32.9. The molecule has 0 fully saturated rings. The topological polar surface area (TPSA) is 51.2 Å². The first kappa shape index (κ1) is 55.1. The van der Waals surface area contributed by atoms with Gasteiger partial charge < -0.3 is 0 Å². The quantitative estimate of drug-likeness (QED) is 0.127. The van der Waals surface area contributed by atoms with Crippen LogP contribution in [0.25, 0.3) is 45.0 Å². The van der Waals surface area contributed by atoms with E-state index in [4.69, 9.17) is 0 Å². The minimum Gasteiger partial charge on any atom is -0.289 e. The monoisotopic (exact) mass is 1460 g/mol. The van der Waals surface area contributed by atoms with E-state index in [2.05, 4.69) is 269 Å². The van der Waals surface area contributed by atoms with E-state index < -0.39 is 17.5 Å². The number of rotatable bonds is 5. The molecule has 0 saturated heterocycles. The second-order valence-corrected chi connectivity index (χ2v) is 30.0. The highest BCUT2D eigenvalue weighted by molar-refractivity contribution is 9.43. The van der Waals surface area contributed by atoms with Gasteiger partial charge in [-0.05, 0) is 189 Å². The molecule has 3 aliphatic carbocycles. The summed E-state index contributed by atoms with van der Waals surface area (Å²) in [5, 5.41) is 2.78. The fraction of sp³-hybridized carbons (Fsp3) is 0.0152. The van der Waals surface area contributed by atoms with Crippen molar-refractivity contribution in [2.24, 2.45) is 0 Å². The van der Waals surface area contributed by atoms with Gasteiger partial charge in [0.15, 0.2) is 27.2 Å². The largest absolute Gasteiger partial charge is 0.289 e. The third kappa shape index (κ3) is 12.2.